The quantitative estimate of drug-likeness (QED) is 0.734. The lowest BCUT2D eigenvalue weighted by Crippen LogP contribution is -2.47. The van der Waals surface area contributed by atoms with Gasteiger partial charge in [-0.15, -0.1) is 0 Å². The summed E-state index contributed by atoms with van der Waals surface area (Å²) in [5.74, 6) is 0. The molecule has 2 fully saturated rings. The molecule has 82 valence electrons. The van der Waals surface area contributed by atoms with Crippen LogP contribution in [0.5, 0.6) is 0 Å². The van der Waals surface area contributed by atoms with Crippen LogP contribution in [-0.4, -0.2) is 24.3 Å². The van der Waals surface area contributed by atoms with Crippen LogP contribution in [0.15, 0.2) is 0 Å². The first-order valence-electron chi connectivity index (χ1n) is 6.21. The molecule has 1 N–H and O–H groups in total. The summed E-state index contributed by atoms with van der Waals surface area (Å²) in [5, 5.41) is 3.68. The SMILES string of the molecule is CCC1CCC(C2CCCC(C)N2)O1. The molecule has 0 aromatic heterocycles. The van der Waals surface area contributed by atoms with Crippen molar-refractivity contribution in [1.82, 2.24) is 5.32 Å². The maximum atomic E-state index is 6.04. The van der Waals surface area contributed by atoms with Gasteiger partial charge < -0.3 is 10.1 Å². The second-order valence-corrected chi connectivity index (χ2v) is 4.89. The van der Waals surface area contributed by atoms with Gasteiger partial charge >= 0.3 is 0 Å². The first kappa shape index (κ1) is 10.4. The Balaban J connectivity index is 1.83. The molecule has 4 unspecified atom stereocenters. The van der Waals surface area contributed by atoms with Crippen LogP contribution in [0.2, 0.25) is 0 Å². The molecule has 0 spiro atoms. The zero-order valence-corrected chi connectivity index (χ0v) is 9.46. The Kier molecular flexibility index (Phi) is 3.45. The Labute approximate surface area is 87.4 Å². The molecule has 2 nitrogen and oxygen atoms in total. The number of hydrogen-bond acceptors (Lipinski definition) is 2. The van der Waals surface area contributed by atoms with Gasteiger partial charge in [-0.05, 0) is 39.0 Å². The second kappa shape index (κ2) is 4.63. The molecule has 2 aliphatic heterocycles. The van der Waals surface area contributed by atoms with E-state index in [0.717, 1.165) is 0 Å². The fourth-order valence-corrected chi connectivity index (χ4v) is 2.80. The van der Waals surface area contributed by atoms with Crippen LogP contribution >= 0.6 is 0 Å². The molecule has 0 amide bonds. The lowest BCUT2D eigenvalue weighted by atomic mass is 9.94. The van der Waals surface area contributed by atoms with E-state index in [1.165, 1.54) is 38.5 Å². The molecule has 2 heteroatoms. The minimum absolute atomic E-state index is 0.502. The van der Waals surface area contributed by atoms with E-state index in [1.54, 1.807) is 0 Å². The average molecular weight is 197 g/mol. The summed E-state index contributed by atoms with van der Waals surface area (Å²) >= 11 is 0. The molecule has 0 bridgehead atoms. The standard InChI is InChI=1S/C12H23NO/c1-3-10-7-8-12(14-10)11-6-4-5-9(2)13-11/h9-13H,3-8H2,1-2H3. The molecule has 2 rings (SSSR count). The highest BCUT2D eigenvalue weighted by Crippen LogP contribution is 2.28. The fourth-order valence-electron chi connectivity index (χ4n) is 2.80. The van der Waals surface area contributed by atoms with E-state index in [4.69, 9.17) is 4.74 Å². The number of piperidine rings is 1. The van der Waals surface area contributed by atoms with Crippen molar-refractivity contribution in [3.8, 4) is 0 Å². The highest BCUT2D eigenvalue weighted by Gasteiger charge is 2.32. The van der Waals surface area contributed by atoms with Gasteiger partial charge in [-0.25, -0.2) is 0 Å². The molecule has 2 aliphatic rings. The molecular formula is C12H23NO. The van der Waals surface area contributed by atoms with E-state index < -0.39 is 0 Å². The zero-order valence-electron chi connectivity index (χ0n) is 9.46. The van der Waals surface area contributed by atoms with Crippen LogP contribution < -0.4 is 5.32 Å². The summed E-state index contributed by atoms with van der Waals surface area (Å²) < 4.78 is 6.04. The van der Waals surface area contributed by atoms with Gasteiger partial charge in [0.25, 0.3) is 0 Å². The van der Waals surface area contributed by atoms with Crippen LogP contribution in [0.3, 0.4) is 0 Å². The minimum Gasteiger partial charge on any atom is -0.373 e. The van der Waals surface area contributed by atoms with Crippen molar-refractivity contribution in [2.24, 2.45) is 0 Å². The summed E-state index contributed by atoms with van der Waals surface area (Å²) in [6, 6.07) is 1.33. The second-order valence-electron chi connectivity index (χ2n) is 4.89. The third-order valence-corrected chi connectivity index (χ3v) is 3.70. The van der Waals surface area contributed by atoms with E-state index in [1.807, 2.05) is 0 Å². The van der Waals surface area contributed by atoms with Gasteiger partial charge in [-0.2, -0.15) is 0 Å². The predicted molar refractivity (Wildman–Crippen MR) is 58.4 cm³/mol. The monoisotopic (exact) mass is 197 g/mol. The van der Waals surface area contributed by atoms with E-state index in [-0.39, 0.29) is 0 Å². The third kappa shape index (κ3) is 2.29. The van der Waals surface area contributed by atoms with Gasteiger partial charge in [0, 0.05) is 12.1 Å². The lowest BCUT2D eigenvalue weighted by Gasteiger charge is -2.32. The highest BCUT2D eigenvalue weighted by molar-refractivity contribution is 4.88. The first-order chi connectivity index (χ1) is 6.79. The van der Waals surface area contributed by atoms with Crippen molar-refractivity contribution < 1.29 is 4.74 Å². The van der Waals surface area contributed by atoms with Crippen molar-refractivity contribution in [3.63, 3.8) is 0 Å². The number of rotatable bonds is 2. The van der Waals surface area contributed by atoms with Gasteiger partial charge in [-0.1, -0.05) is 13.3 Å². The average Bonchev–Trinajstić information content (AvgIpc) is 2.66. The van der Waals surface area contributed by atoms with Gasteiger partial charge in [0.1, 0.15) is 0 Å². The van der Waals surface area contributed by atoms with Crippen LogP contribution in [0.4, 0.5) is 0 Å². The number of hydrogen-bond donors (Lipinski definition) is 1. The van der Waals surface area contributed by atoms with Gasteiger partial charge in [0.2, 0.25) is 0 Å². The third-order valence-electron chi connectivity index (χ3n) is 3.70. The Morgan fingerprint density at radius 1 is 1.21 bits per heavy atom. The zero-order chi connectivity index (χ0) is 9.97. The summed E-state index contributed by atoms with van der Waals surface area (Å²) in [6.45, 7) is 4.52. The van der Waals surface area contributed by atoms with E-state index in [9.17, 15) is 0 Å². The van der Waals surface area contributed by atoms with Crippen LogP contribution in [-0.2, 0) is 4.74 Å². The molecule has 0 aromatic carbocycles. The predicted octanol–water partition coefficient (Wildman–Crippen LogP) is 2.47. The highest BCUT2D eigenvalue weighted by atomic mass is 16.5. The van der Waals surface area contributed by atoms with Crippen molar-refractivity contribution in [2.45, 2.75) is 76.7 Å². The molecule has 2 saturated heterocycles. The van der Waals surface area contributed by atoms with Crippen molar-refractivity contribution >= 4 is 0 Å². The molecule has 0 aliphatic carbocycles. The summed E-state index contributed by atoms with van der Waals surface area (Å²) in [4.78, 5) is 0. The van der Waals surface area contributed by atoms with Gasteiger partial charge in [0.05, 0.1) is 12.2 Å². The van der Waals surface area contributed by atoms with Crippen LogP contribution in [0, 0.1) is 0 Å². The van der Waals surface area contributed by atoms with E-state index in [2.05, 4.69) is 19.2 Å². The molecule has 0 radical (unpaired) electrons. The van der Waals surface area contributed by atoms with Gasteiger partial charge in [-0.3, -0.25) is 0 Å². The molecular weight excluding hydrogens is 174 g/mol. The number of ether oxygens (including phenoxy) is 1. The normalized spacial score (nSPS) is 44.1. The Hall–Kier alpha value is -0.0800. The minimum atomic E-state index is 0.502. The summed E-state index contributed by atoms with van der Waals surface area (Å²) in [5.41, 5.74) is 0. The van der Waals surface area contributed by atoms with Crippen molar-refractivity contribution in [3.05, 3.63) is 0 Å². The largest absolute Gasteiger partial charge is 0.373 e. The van der Waals surface area contributed by atoms with Crippen LogP contribution in [0.1, 0.15) is 52.4 Å². The van der Waals surface area contributed by atoms with Crippen molar-refractivity contribution in [2.75, 3.05) is 0 Å². The van der Waals surface area contributed by atoms with E-state index >= 15 is 0 Å². The maximum Gasteiger partial charge on any atom is 0.0732 e. The Bertz CT molecular complexity index is 183. The number of nitrogens with one attached hydrogen (secondary N) is 1. The van der Waals surface area contributed by atoms with Crippen molar-refractivity contribution in [1.29, 1.82) is 0 Å². The molecule has 4 atom stereocenters. The molecule has 14 heavy (non-hydrogen) atoms. The topological polar surface area (TPSA) is 21.3 Å². The summed E-state index contributed by atoms with van der Waals surface area (Å²) in [6.07, 6.45) is 8.78. The van der Waals surface area contributed by atoms with Gasteiger partial charge in [0.15, 0.2) is 0 Å². The molecule has 2 heterocycles. The fraction of sp³-hybridized carbons (Fsp3) is 1.00. The lowest BCUT2D eigenvalue weighted by molar-refractivity contribution is 0.0122. The molecule has 0 saturated carbocycles. The Morgan fingerprint density at radius 3 is 2.71 bits per heavy atom. The van der Waals surface area contributed by atoms with Crippen LogP contribution in [0.25, 0.3) is 0 Å². The smallest absolute Gasteiger partial charge is 0.0732 e. The summed E-state index contributed by atoms with van der Waals surface area (Å²) in [7, 11) is 0. The first-order valence-corrected chi connectivity index (χ1v) is 6.21. The Morgan fingerprint density at radius 2 is 2.07 bits per heavy atom. The van der Waals surface area contributed by atoms with E-state index in [0.29, 0.717) is 24.3 Å². The maximum absolute atomic E-state index is 6.04. The molecule has 0 aromatic rings.